The van der Waals surface area contributed by atoms with Crippen LogP contribution in [-0.2, 0) is 0 Å². The first-order valence-electron chi connectivity index (χ1n) is 4.78. The molecule has 1 aromatic rings. The van der Waals surface area contributed by atoms with Gasteiger partial charge in [-0.1, -0.05) is 0 Å². The molecule has 2 aliphatic rings. The Morgan fingerprint density at radius 3 is 2.81 bits per heavy atom. The average molecular weight is 232 g/mol. The summed E-state index contributed by atoms with van der Waals surface area (Å²) in [5.74, 6) is 0. The predicted molar refractivity (Wildman–Crippen MR) is 68.4 cm³/mol. The number of H-pyrrole nitrogens is 1. The molecule has 0 radical (unpaired) electrons. The van der Waals surface area contributed by atoms with Crippen LogP contribution in [0.15, 0.2) is 64.0 Å². The van der Waals surface area contributed by atoms with Gasteiger partial charge in [0.25, 0.3) is 0 Å². The van der Waals surface area contributed by atoms with Gasteiger partial charge >= 0.3 is 0 Å². The van der Waals surface area contributed by atoms with Crippen molar-refractivity contribution in [2.45, 2.75) is 0 Å². The van der Waals surface area contributed by atoms with Gasteiger partial charge in [0, 0.05) is 24.2 Å². The smallest absolute Gasteiger partial charge is 0.0958 e. The van der Waals surface area contributed by atoms with Gasteiger partial charge in [-0.15, -0.1) is 12.4 Å². The molecule has 3 heterocycles. The number of aliphatic imine (C=N–C) groups is 2. The summed E-state index contributed by atoms with van der Waals surface area (Å²) in [5.41, 5.74) is 4.02. The van der Waals surface area contributed by atoms with Gasteiger partial charge in [0.2, 0.25) is 0 Å². The highest BCUT2D eigenvalue weighted by molar-refractivity contribution is 6.16. The molecule has 4 heteroatoms. The standard InChI is InChI=1S/C12H9N3.ClH/c1-3-10(13-6-1)9-5-8-15-12(9)11-4-2-7-14-11;/h1-8,14H;1H. The van der Waals surface area contributed by atoms with E-state index in [1.807, 2.05) is 36.6 Å². The highest BCUT2D eigenvalue weighted by Crippen LogP contribution is 2.21. The maximum Gasteiger partial charge on any atom is 0.0958 e. The molecule has 1 aromatic heterocycles. The molecule has 0 spiro atoms. The summed E-state index contributed by atoms with van der Waals surface area (Å²) in [6.07, 6.45) is 11.4. The summed E-state index contributed by atoms with van der Waals surface area (Å²) in [4.78, 5) is 11.8. The predicted octanol–water partition coefficient (Wildman–Crippen LogP) is 2.65. The Labute approximate surface area is 99.4 Å². The highest BCUT2D eigenvalue weighted by atomic mass is 35.5. The van der Waals surface area contributed by atoms with E-state index in [2.05, 4.69) is 15.0 Å². The minimum atomic E-state index is 0. The zero-order valence-electron chi connectivity index (χ0n) is 8.42. The molecule has 0 amide bonds. The van der Waals surface area contributed by atoms with Gasteiger partial charge in [-0.05, 0) is 30.4 Å². The van der Waals surface area contributed by atoms with Crippen molar-refractivity contribution < 1.29 is 0 Å². The van der Waals surface area contributed by atoms with Crippen LogP contribution in [0.25, 0.3) is 0 Å². The van der Waals surface area contributed by atoms with Gasteiger partial charge in [-0.25, -0.2) is 0 Å². The minimum absolute atomic E-state index is 0. The number of allylic oxidation sites excluding steroid dienone is 4. The van der Waals surface area contributed by atoms with Crippen molar-refractivity contribution in [1.82, 2.24) is 4.98 Å². The Morgan fingerprint density at radius 2 is 2.12 bits per heavy atom. The van der Waals surface area contributed by atoms with E-state index in [4.69, 9.17) is 0 Å². The molecule has 0 bridgehead atoms. The summed E-state index contributed by atoms with van der Waals surface area (Å²) in [7, 11) is 0. The van der Waals surface area contributed by atoms with Crippen molar-refractivity contribution in [1.29, 1.82) is 0 Å². The van der Waals surface area contributed by atoms with Gasteiger partial charge in [0.1, 0.15) is 0 Å². The van der Waals surface area contributed by atoms with Crippen LogP contribution in [0.5, 0.6) is 0 Å². The van der Waals surface area contributed by atoms with Gasteiger partial charge in [0.15, 0.2) is 0 Å². The number of halogens is 1. The van der Waals surface area contributed by atoms with E-state index in [9.17, 15) is 0 Å². The Kier molecular flexibility index (Phi) is 2.88. The van der Waals surface area contributed by atoms with Crippen molar-refractivity contribution in [2.24, 2.45) is 9.98 Å². The molecule has 0 aromatic carbocycles. The zero-order valence-corrected chi connectivity index (χ0v) is 9.24. The van der Waals surface area contributed by atoms with Crippen molar-refractivity contribution >= 4 is 24.3 Å². The third-order valence-electron chi connectivity index (χ3n) is 2.38. The quantitative estimate of drug-likeness (QED) is 0.772. The van der Waals surface area contributed by atoms with Crippen molar-refractivity contribution in [3.63, 3.8) is 0 Å². The number of hydrogen-bond acceptors (Lipinski definition) is 2. The van der Waals surface area contributed by atoms with Crippen molar-refractivity contribution in [3.8, 4) is 0 Å². The van der Waals surface area contributed by atoms with Crippen LogP contribution >= 0.6 is 12.4 Å². The number of rotatable bonds is 1. The van der Waals surface area contributed by atoms with Crippen LogP contribution in [0.3, 0.4) is 0 Å². The molecule has 3 nitrogen and oxygen atoms in total. The topological polar surface area (TPSA) is 40.5 Å². The fraction of sp³-hybridized carbons (Fsp3) is 0. The molecule has 2 aliphatic heterocycles. The van der Waals surface area contributed by atoms with Crippen molar-refractivity contribution in [2.75, 3.05) is 0 Å². The van der Waals surface area contributed by atoms with Crippen LogP contribution in [0.4, 0.5) is 0 Å². The van der Waals surface area contributed by atoms with Gasteiger partial charge in [0.05, 0.1) is 17.1 Å². The van der Waals surface area contributed by atoms with E-state index in [0.717, 1.165) is 22.7 Å². The average Bonchev–Trinajstić information content (AvgIpc) is 3.01. The molecule has 0 unspecified atom stereocenters. The summed E-state index contributed by atoms with van der Waals surface area (Å²) in [6, 6.07) is 3.97. The summed E-state index contributed by atoms with van der Waals surface area (Å²) < 4.78 is 0. The summed E-state index contributed by atoms with van der Waals surface area (Å²) in [6.45, 7) is 0. The van der Waals surface area contributed by atoms with E-state index in [1.165, 1.54) is 0 Å². The van der Waals surface area contributed by atoms with Crippen molar-refractivity contribution in [3.05, 3.63) is 59.7 Å². The van der Waals surface area contributed by atoms with Crippen LogP contribution in [0.2, 0.25) is 0 Å². The number of nitrogens with zero attached hydrogens (tertiary/aromatic N) is 2. The lowest BCUT2D eigenvalue weighted by molar-refractivity contribution is 1.35. The van der Waals surface area contributed by atoms with E-state index < -0.39 is 0 Å². The molecule has 3 rings (SSSR count). The molecule has 1 N–H and O–H groups in total. The third-order valence-corrected chi connectivity index (χ3v) is 2.38. The fourth-order valence-electron chi connectivity index (χ4n) is 1.69. The lowest BCUT2D eigenvalue weighted by Gasteiger charge is -2.01. The molecule has 16 heavy (non-hydrogen) atoms. The maximum atomic E-state index is 4.34. The minimum Gasteiger partial charge on any atom is -0.360 e. The maximum absolute atomic E-state index is 4.34. The van der Waals surface area contributed by atoms with E-state index in [1.54, 1.807) is 12.4 Å². The number of aromatic nitrogens is 1. The molecule has 80 valence electrons. The Bertz CT molecular complexity index is 517. The van der Waals surface area contributed by atoms with Crippen LogP contribution in [0.1, 0.15) is 5.69 Å². The highest BCUT2D eigenvalue weighted by Gasteiger charge is 2.15. The van der Waals surface area contributed by atoms with E-state index in [-0.39, 0.29) is 12.4 Å². The Hall–Kier alpha value is -1.87. The Balaban J connectivity index is 0.000000963. The van der Waals surface area contributed by atoms with Crippen LogP contribution in [0, 0.1) is 0 Å². The monoisotopic (exact) mass is 231 g/mol. The first-order valence-corrected chi connectivity index (χ1v) is 4.78. The van der Waals surface area contributed by atoms with Gasteiger partial charge < -0.3 is 4.98 Å². The Morgan fingerprint density at radius 1 is 1.19 bits per heavy atom. The lowest BCUT2D eigenvalue weighted by atomic mass is 10.1. The van der Waals surface area contributed by atoms with Gasteiger partial charge in [-0.2, -0.15) is 0 Å². The molecule has 0 aliphatic carbocycles. The largest absolute Gasteiger partial charge is 0.360 e. The molecular weight excluding hydrogens is 222 g/mol. The third kappa shape index (κ3) is 1.66. The normalized spacial score (nSPS) is 21.4. The number of hydrogen-bond donors (Lipinski definition) is 1. The molecular formula is C12H10ClN3. The number of nitrogens with one attached hydrogen (secondary N) is 1. The summed E-state index contributed by atoms with van der Waals surface area (Å²) >= 11 is 0. The first-order chi connectivity index (χ1) is 7.45. The first kappa shape index (κ1) is 10.6. The lowest BCUT2D eigenvalue weighted by Crippen LogP contribution is -2.02. The second-order valence-electron chi connectivity index (χ2n) is 3.31. The van der Waals surface area contributed by atoms with E-state index >= 15 is 0 Å². The van der Waals surface area contributed by atoms with Crippen LogP contribution < -0.4 is 0 Å². The molecule has 0 saturated carbocycles. The molecule has 0 saturated heterocycles. The molecule has 0 fully saturated rings. The number of aromatic amines is 1. The SMILES string of the molecule is C1=CC(=C2C=CN=C2c2ccc[nH]2)N=C1.Cl. The second-order valence-corrected chi connectivity index (χ2v) is 3.31. The van der Waals surface area contributed by atoms with Crippen LogP contribution in [-0.4, -0.2) is 16.9 Å². The van der Waals surface area contributed by atoms with E-state index in [0.29, 0.717) is 0 Å². The summed E-state index contributed by atoms with van der Waals surface area (Å²) in [5, 5.41) is 0. The van der Waals surface area contributed by atoms with Gasteiger partial charge in [-0.3, -0.25) is 9.98 Å². The fourth-order valence-corrected chi connectivity index (χ4v) is 1.69. The second kappa shape index (κ2) is 4.33. The zero-order chi connectivity index (χ0) is 10.1. The molecule has 0 atom stereocenters.